The quantitative estimate of drug-likeness (QED) is 0.398. The van der Waals surface area contributed by atoms with Gasteiger partial charge in [0.2, 0.25) is 5.91 Å². The van der Waals surface area contributed by atoms with E-state index in [1.807, 2.05) is 38.1 Å². The molecule has 3 rings (SSSR count). The van der Waals surface area contributed by atoms with Crippen LogP contribution in [0.5, 0.6) is 0 Å². The van der Waals surface area contributed by atoms with Gasteiger partial charge in [-0.3, -0.25) is 9.59 Å². The van der Waals surface area contributed by atoms with Crippen molar-refractivity contribution in [1.82, 2.24) is 10.6 Å². The minimum Gasteiger partial charge on any atom is -0.481 e. The smallest absolute Gasteiger partial charge is 0.407 e. The molecule has 3 N–H and O–H groups in total. The maximum atomic E-state index is 12.2. The number of nitrogens with one attached hydrogen (secondary N) is 2. The number of ether oxygens (including phenoxy) is 1. The second kappa shape index (κ2) is 12.2. The van der Waals surface area contributed by atoms with Gasteiger partial charge in [-0.05, 0) is 46.9 Å². The summed E-state index contributed by atoms with van der Waals surface area (Å²) in [5, 5.41) is 14.6. The Morgan fingerprint density at radius 1 is 0.971 bits per heavy atom. The van der Waals surface area contributed by atoms with Crippen LogP contribution in [0.2, 0.25) is 0 Å². The molecule has 34 heavy (non-hydrogen) atoms. The third-order valence-corrected chi connectivity index (χ3v) is 6.05. The third-order valence-electron chi connectivity index (χ3n) is 6.05. The fourth-order valence-electron chi connectivity index (χ4n) is 4.59. The largest absolute Gasteiger partial charge is 0.481 e. The average Bonchev–Trinajstić information content (AvgIpc) is 3.12. The van der Waals surface area contributed by atoms with E-state index < -0.39 is 12.1 Å². The van der Waals surface area contributed by atoms with E-state index >= 15 is 0 Å². The summed E-state index contributed by atoms with van der Waals surface area (Å²) in [5.74, 6) is -0.711. The number of carboxylic acids is 1. The Kier molecular flexibility index (Phi) is 9.08. The number of carbonyl (C=O) groups excluding carboxylic acids is 2. The number of alkyl carbamates (subject to hydrolysis) is 1. The molecular weight excluding hydrogens is 432 g/mol. The number of amides is 2. The highest BCUT2D eigenvalue weighted by atomic mass is 16.5. The van der Waals surface area contributed by atoms with E-state index in [-0.39, 0.29) is 37.2 Å². The van der Waals surface area contributed by atoms with Gasteiger partial charge < -0.3 is 20.5 Å². The maximum absolute atomic E-state index is 12.2. The first-order chi connectivity index (χ1) is 16.3. The van der Waals surface area contributed by atoms with E-state index in [4.69, 9.17) is 9.84 Å². The molecule has 0 aliphatic heterocycles. The van der Waals surface area contributed by atoms with E-state index in [2.05, 4.69) is 34.9 Å². The Balaban J connectivity index is 1.37. The predicted octanol–water partition coefficient (Wildman–Crippen LogP) is 4.56. The van der Waals surface area contributed by atoms with Crippen molar-refractivity contribution in [2.24, 2.45) is 11.8 Å². The first-order valence-corrected chi connectivity index (χ1v) is 11.9. The molecule has 2 amide bonds. The van der Waals surface area contributed by atoms with Gasteiger partial charge in [0.05, 0.1) is 0 Å². The van der Waals surface area contributed by atoms with Crippen LogP contribution in [0.4, 0.5) is 4.79 Å². The molecule has 2 aromatic rings. The number of rotatable bonds is 12. The highest BCUT2D eigenvalue weighted by Gasteiger charge is 2.28. The van der Waals surface area contributed by atoms with Crippen LogP contribution in [0.1, 0.15) is 56.6 Å². The van der Waals surface area contributed by atoms with Gasteiger partial charge in [-0.2, -0.15) is 0 Å². The molecule has 0 saturated carbocycles. The molecule has 0 saturated heterocycles. The monoisotopic (exact) mass is 466 g/mol. The molecule has 1 atom stereocenters. The molecule has 1 unspecified atom stereocenters. The standard InChI is InChI=1S/C27H34N2O5/c1-18(2)14-19(15-26(31)32)16-29-25(30)12-7-13-28-27(33)34-17-24-22-10-5-3-8-20(22)21-9-4-6-11-23(21)24/h3-6,8-11,18-19,24H,7,12-17H2,1-2H3,(H,28,33)(H,29,30)(H,31,32). The Labute approximate surface area is 200 Å². The lowest BCUT2D eigenvalue weighted by Crippen LogP contribution is -2.32. The zero-order valence-electron chi connectivity index (χ0n) is 19.9. The van der Waals surface area contributed by atoms with Crippen LogP contribution in [-0.2, 0) is 14.3 Å². The molecule has 182 valence electrons. The molecule has 7 nitrogen and oxygen atoms in total. The maximum Gasteiger partial charge on any atom is 0.407 e. The Hall–Kier alpha value is -3.35. The topological polar surface area (TPSA) is 105 Å². The van der Waals surface area contributed by atoms with E-state index in [0.29, 0.717) is 25.4 Å². The molecule has 2 aromatic carbocycles. The van der Waals surface area contributed by atoms with Crippen molar-refractivity contribution in [3.63, 3.8) is 0 Å². The Bertz CT molecular complexity index is 959. The van der Waals surface area contributed by atoms with Gasteiger partial charge in [-0.1, -0.05) is 62.4 Å². The van der Waals surface area contributed by atoms with E-state index in [1.165, 1.54) is 11.1 Å². The highest BCUT2D eigenvalue weighted by Crippen LogP contribution is 2.44. The summed E-state index contributed by atoms with van der Waals surface area (Å²) in [7, 11) is 0. The first-order valence-electron chi connectivity index (χ1n) is 11.9. The lowest BCUT2D eigenvalue weighted by molar-refractivity contribution is -0.138. The summed E-state index contributed by atoms with van der Waals surface area (Å²) in [6, 6.07) is 16.3. The van der Waals surface area contributed by atoms with Gasteiger partial charge in [0, 0.05) is 31.8 Å². The molecule has 1 aliphatic carbocycles. The zero-order chi connectivity index (χ0) is 24.5. The van der Waals surface area contributed by atoms with Crippen molar-refractivity contribution in [3.8, 4) is 11.1 Å². The van der Waals surface area contributed by atoms with Gasteiger partial charge in [-0.25, -0.2) is 4.79 Å². The van der Waals surface area contributed by atoms with Crippen molar-refractivity contribution in [3.05, 3.63) is 59.7 Å². The summed E-state index contributed by atoms with van der Waals surface area (Å²) >= 11 is 0. The van der Waals surface area contributed by atoms with Gasteiger partial charge in [0.15, 0.2) is 0 Å². The minimum atomic E-state index is -0.854. The SMILES string of the molecule is CC(C)CC(CNC(=O)CCCNC(=O)OCC1c2ccccc2-c2ccccc21)CC(=O)O. The molecule has 0 spiro atoms. The average molecular weight is 467 g/mol. The predicted molar refractivity (Wildman–Crippen MR) is 131 cm³/mol. The fraction of sp³-hybridized carbons (Fsp3) is 0.444. The van der Waals surface area contributed by atoms with E-state index in [9.17, 15) is 14.4 Å². The van der Waals surface area contributed by atoms with Gasteiger partial charge in [0.1, 0.15) is 6.61 Å². The van der Waals surface area contributed by atoms with Crippen LogP contribution in [0.15, 0.2) is 48.5 Å². The second-order valence-electron chi connectivity index (χ2n) is 9.25. The first kappa shape index (κ1) is 25.3. The van der Waals surface area contributed by atoms with E-state index in [1.54, 1.807) is 0 Å². The van der Waals surface area contributed by atoms with Gasteiger partial charge in [-0.15, -0.1) is 0 Å². The van der Waals surface area contributed by atoms with Crippen LogP contribution in [0.25, 0.3) is 11.1 Å². The van der Waals surface area contributed by atoms with Crippen LogP contribution in [-0.4, -0.2) is 42.8 Å². The van der Waals surface area contributed by atoms with Crippen molar-refractivity contribution in [2.75, 3.05) is 19.7 Å². The fourth-order valence-corrected chi connectivity index (χ4v) is 4.59. The van der Waals surface area contributed by atoms with Crippen LogP contribution in [0, 0.1) is 11.8 Å². The van der Waals surface area contributed by atoms with Crippen molar-refractivity contribution < 1.29 is 24.2 Å². The van der Waals surface area contributed by atoms with Crippen molar-refractivity contribution in [2.45, 2.75) is 45.4 Å². The van der Waals surface area contributed by atoms with Gasteiger partial charge >= 0.3 is 12.1 Å². The van der Waals surface area contributed by atoms with Crippen molar-refractivity contribution in [1.29, 1.82) is 0 Å². The van der Waals surface area contributed by atoms with Gasteiger partial charge in [0.25, 0.3) is 0 Å². The molecule has 0 aromatic heterocycles. The number of fused-ring (bicyclic) bond motifs is 3. The molecule has 0 bridgehead atoms. The number of hydrogen-bond acceptors (Lipinski definition) is 4. The number of aliphatic carboxylic acids is 1. The molecule has 0 radical (unpaired) electrons. The second-order valence-corrected chi connectivity index (χ2v) is 9.25. The highest BCUT2D eigenvalue weighted by molar-refractivity contribution is 5.79. The third kappa shape index (κ3) is 7.07. The number of carbonyl (C=O) groups is 3. The Morgan fingerprint density at radius 2 is 1.59 bits per heavy atom. The molecule has 0 fully saturated rings. The summed E-state index contributed by atoms with van der Waals surface area (Å²) in [4.78, 5) is 35.3. The lowest BCUT2D eigenvalue weighted by atomic mass is 9.94. The van der Waals surface area contributed by atoms with Crippen LogP contribution < -0.4 is 10.6 Å². The summed E-state index contributed by atoms with van der Waals surface area (Å²) in [6.07, 6.45) is 1.02. The molecular formula is C27H34N2O5. The van der Waals surface area contributed by atoms with E-state index in [0.717, 1.165) is 17.5 Å². The lowest BCUT2D eigenvalue weighted by Gasteiger charge is -2.17. The van der Waals surface area contributed by atoms with Crippen LogP contribution >= 0.6 is 0 Å². The summed E-state index contributed by atoms with van der Waals surface area (Å²) in [5.41, 5.74) is 4.67. The zero-order valence-corrected chi connectivity index (χ0v) is 19.9. The normalized spacial score (nSPS) is 13.1. The number of carboxylic acid groups (broad SMARTS) is 1. The summed E-state index contributed by atoms with van der Waals surface area (Å²) < 4.78 is 5.49. The molecule has 0 heterocycles. The van der Waals surface area contributed by atoms with Crippen LogP contribution in [0.3, 0.4) is 0 Å². The molecule has 7 heteroatoms. The number of benzene rings is 2. The number of hydrogen-bond donors (Lipinski definition) is 3. The van der Waals surface area contributed by atoms with Crippen molar-refractivity contribution >= 4 is 18.0 Å². The minimum absolute atomic E-state index is 0.00788. The summed E-state index contributed by atoms with van der Waals surface area (Å²) in [6.45, 7) is 5.00. The Morgan fingerprint density at radius 3 is 2.18 bits per heavy atom. The molecule has 1 aliphatic rings.